The van der Waals surface area contributed by atoms with Crippen molar-refractivity contribution in [2.75, 3.05) is 11.5 Å². The molecule has 170 valence electrons. The van der Waals surface area contributed by atoms with Crippen molar-refractivity contribution >= 4 is 50.7 Å². The number of carbonyl (C=O) groups excluding carboxylic acids is 2. The molecule has 0 saturated carbocycles. The second-order valence-corrected chi connectivity index (χ2v) is 10.3. The average molecular weight is 486 g/mol. The van der Waals surface area contributed by atoms with Gasteiger partial charge in [-0.25, -0.2) is 14.9 Å². The van der Waals surface area contributed by atoms with Crippen LogP contribution in [0.2, 0.25) is 5.02 Å². The molecule has 3 saturated heterocycles. The molecule has 3 aromatic rings. The molecule has 1 N–H and O–H groups in total. The highest BCUT2D eigenvalue weighted by molar-refractivity contribution is 7.16. The van der Waals surface area contributed by atoms with Crippen LogP contribution in [0.25, 0.3) is 10.2 Å². The molecule has 2 amide bonds. The Morgan fingerprint density at radius 3 is 2.85 bits per heavy atom. The summed E-state index contributed by atoms with van der Waals surface area (Å²) in [5, 5.41) is 11.3. The van der Waals surface area contributed by atoms with E-state index in [1.165, 1.54) is 22.4 Å². The minimum atomic E-state index is -1.13. The first-order valence-electron chi connectivity index (χ1n) is 10.7. The number of rotatable bonds is 5. The number of thiazole rings is 1. The van der Waals surface area contributed by atoms with E-state index < -0.39 is 29.1 Å². The van der Waals surface area contributed by atoms with Crippen molar-refractivity contribution in [3.8, 4) is 5.88 Å². The smallest absolute Gasteiger partial charge is 0.240 e. The topological polar surface area (TPSA) is 102 Å². The first-order valence-corrected chi connectivity index (χ1v) is 11.9. The molecule has 0 spiro atoms. The van der Waals surface area contributed by atoms with Gasteiger partial charge >= 0.3 is 0 Å². The van der Waals surface area contributed by atoms with Crippen LogP contribution in [0.5, 0.6) is 5.88 Å². The lowest BCUT2D eigenvalue weighted by molar-refractivity contribution is -0.134. The number of aliphatic hydroxyl groups excluding tert-OH is 1. The normalized spacial score (nSPS) is 32.7. The molecule has 2 aromatic heterocycles. The summed E-state index contributed by atoms with van der Waals surface area (Å²) in [4.78, 5) is 36.8. The molecule has 6 rings (SSSR count). The van der Waals surface area contributed by atoms with Crippen LogP contribution in [0.1, 0.15) is 19.8 Å². The Hall–Kier alpha value is -2.59. The van der Waals surface area contributed by atoms with Gasteiger partial charge in [-0.05, 0) is 31.2 Å². The van der Waals surface area contributed by atoms with Crippen LogP contribution in [-0.4, -0.2) is 50.8 Å². The Kier molecular flexibility index (Phi) is 4.58. The van der Waals surface area contributed by atoms with Gasteiger partial charge in [-0.1, -0.05) is 11.6 Å². The second kappa shape index (κ2) is 7.20. The molecule has 8 nitrogen and oxygen atoms in total. The fraction of sp³-hybridized carbons (Fsp3) is 0.391. The third-order valence-corrected chi connectivity index (χ3v) is 8.18. The molecule has 3 fully saturated rings. The van der Waals surface area contributed by atoms with Crippen LogP contribution < -0.4 is 9.64 Å². The van der Waals surface area contributed by atoms with E-state index in [2.05, 4.69) is 9.97 Å². The molecule has 0 aliphatic carbocycles. The Labute approximate surface area is 198 Å². The molecular weight excluding hydrogens is 466 g/mol. The Balaban J connectivity index is 1.30. The van der Waals surface area contributed by atoms with E-state index in [0.717, 1.165) is 10.2 Å². The number of ether oxygens (including phenoxy) is 2. The molecule has 1 aromatic carbocycles. The molecule has 5 heterocycles. The van der Waals surface area contributed by atoms with Crippen molar-refractivity contribution in [3.05, 3.63) is 47.1 Å². The molecule has 10 heteroatoms. The number of halogens is 1. The summed E-state index contributed by atoms with van der Waals surface area (Å²) in [7, 11) is 0. The highest BCUT2D eigenvalue weighted by Crippen LogP contribution is 2.62. The Bertz CT molecular complexity index is 1280. The van der Waals surface area contributed by atoms with Crippen molar-refractivity contribution in [1.82, 2.24) is 9.97 Å². The van der Waals surface area contributed by atoms with Crippen molar-refractivity contribution in [3.63, 3.8) is 0 Å². The lowest BCUT2D eigenvalue weighted by Gasteiger charge is -2.33. The number of imide groups is 1. The summed E-state index contributed by atoms with van der Waals surface area (Å²) >= 11 is 7.32. The van der Waals surface area contributed by atoms with Gasteiger partial charge in [0.1, 0.15) is 5.60 Å². The maximum Gasteiger partial charge on any atom is 0.240 e. The molecule has 2 unspecified atom stereocenters. The van der Waals surface area contributed by atoms with Crippen LogP contribution >= 0.6 is 22.9 Å². The number of benzene rings is 1. The molecule has 33 heavy (non-hydrogen) atoms. The number of hydrogen-bond acceptors (Lipinski definition) is 8. The molecular formula is C23H20ClN3O5S. The van der Waals surface area contributed by atoms with Crippen molar-refractivity contribution < 1.29 is 24.2 Å². The van der Waals surface area contributed by atoms with E-state index in [9.17, 15) is 14.7 Å². The zero-order valence-electron chi connectivity index (χ0n) is 17.6. The van der Waals surface area contributed by atoms with E-state index in [4.69, 9.17) is 21.1 Å². The maximum atomic E-state index is 13.7. The highest BCUT2D eigenvalue weighted by atomic mass is 35.5. The number of amides is 2. The van der Waals surface area contributed by atoms with Gasteiger partial charge in [-0.3, -0.25) is 9.59 Å². The minimum absolute atomic E-state index is 0.217. The number of anilines is 1. The molecule has 3 aliphatic heterocycles. The summed E-state index contributed by atoms with van der Waals surface area (Å²) in [6.07, 6.45) is 1.24. The van der Waals surface area contributed by atoms with Crippen molar-refractivity contribution in [2.24, 2.45) is 11.8 Å². The summed E-state index contributed by atoms with van der Waals surface area (Å²) in [6, 6.07) is 8.70. The Morgan fingerprint density at radius 2 is 2.06 bits per heavy atom. The van der Waals surface area contributed by atoms with Crippen molar-refractivity contribution in [1.29, 1.82) is 0 Å². The van der Waals surface area contributed by atoms with E-state index in [0.29, 0.717) is 23.0 Å². The van der Waals surface area contributed by atoms with Gasteiger partial charge < -0.3 is 14.6 Å². The van der Waals surface area contributed by atoms with Crippen molar-refractivity contribution in [2.45, 2.75) is 37.1 Å². The molecule has 0 radical (unpaired) electrons. The maximum absolute atomic E-state index is 13.7. The molecule has 3 aliphatic rings. The van der Waals surface area contributed by atoms with Crippen LogP contribution in [0.4, 0.5) is 5.69 Å². The predicted molar refractivity (Wildman–Crippen MR) is 121 cm³/mol. The van der Waals surface area contributed by atoms with Crippen LogP contribution in [0.3, 0.4) is 0 Å². The largest absolute Gasteiger partial charge is 0.478 e. The van der Waals surface area contributed by atoms with Crippen LogP contribution in [-0.2, 0) is 14.3 Å². The lowest BCUT2D eigenvalue weighted by atomic mass is 9.66. The van der Waals surface area contributed by atoms with E-state index in [1.54, 1.807) is 36.7 Å². The standard InChI is InChI=1S/C23H20ClN3O5S/c1-22-16(28)9-23(32-22,6-7-31-17-5-2-12(24)10-25-17)19-18(22)20(29)27(21(19)30)13-3-4-14-15(8-13)33-11-26-14/h2-5,8,10-11,16,18-19,28H,6-7,9H2,1H3/t16-,18-,19+,22?,23?/m1/s1. The number of aromatic nitrogens is 2. The second-order valence-electron chi connectivity index (χ2n) is 8.96. The quantitative estimate of drug-likeness (QED) is 0.553. The molecule has 5 atom stereocenters. The number of pyridine rings is 1. The minimum Gasteiger partial charge on any atom is -0.478 e. The summed E-state index contributed by atoms with van der Waals surface area (Å²) in [5.41, 5.74) is 0.955. The van der Waals surface area contributed by atoms with Gasteiger partial charge in [-0.15, -0.1) is 11.3 Å². The van der Waals surface area contributed by atoms with E-state index in [1.807, 2.05) is 6.07 Å². The van der Waals surface area contributed by atoms with Gasteiger partial charge in [0.05, 0.1) is 56.6 Å². The number of carbonyl (C=O) groups is 2. The highest BCUT2D eigenvalue weighted by Gasteiger charge is 2.77. The van der Waals surface area contributed by atoms with E-state index in [-0.39, 0.29) is 24.8 Å². The number of hydrogen-bond donors (Lipinski definition) is 1. The van der Waals surface area contributed by atoms with Crippen LogP contribution in [0, 0.1) is 11.8 Å². The van der Waals surface area contributed by atoms with Gasteiger partial charge in [-0.2, -0.15) is 0 Å². The fourth-order valence-electron chi connectivity index (χ4n) is 5.64. The lowest BCUT2D eigenvalue weighted by Crippen LogP contribution is -2.49. The SMILES string of the molecule is CC12OC(CCOc3ccc(Cl)cn3)(C[C@H]1O)[C@@H]1C(=O)N(c3ccc4ncsc4c3)C(=O)[C@@H]12. The third-order valence-electron chi connectivity index (χ3n) is 7.16. The average Bonchev–Trinajstić information content (AvgIpc) is 3.48. The fourth-order valence-corrected chi connectivity index (χ4v) is 6.46. The zero-order valence-corrected chi connectivity index (χ0v) is 19.2. The monoisotopic (exact) mass is 485 g/mol. The first kappa shape index (κ1) is 21.0. The van der Waals surface area contributed by atoms with Crippen LogP contribution in [0.15, 0.2) is 42.0 Å². The predicted octanol–water partition coefficient (Wildman–Crippen LogP) is 3.21. The molecule has 2 bridgehead atoms. The first-order chi connectivity index (χ1) is 15.8. The number of fused-ring (bicyclic) bond motifs is 6. The van der Waals surface area contributed by atoms with Gasteiger partial charge in [0.15, 0.2) is 0 Å². The van der Waals surface area contributed by atoms with E-state index >= 15 is 0 Å². The zero-order chi connectivity index (χ0) is 23.0. The number of aliphatic hydroxyl groups is 1. The third kappa shape index (κ3) is 2.96. The summed E-state index contributed by atoms with van der Waals surface area (Å²) < 4.78 is 13.0. The summed E-state index contributed by atoms with van der Waals surface area (Å²) in [5.74, 6) is -1.66. The van der Waals surface area contributed by atoms with Gasteiger partial charge in [0.2, 0.25) is 17.7 Å². The Morgan fingerprint density at radius 1 is 1.24 bits per heavy atom. The van der Waals surface area contributed by atoms with Gasteiger partial charge in [0, 0.05) is 25.1 Å². The number of nitrogens with zero attached hydrogens (tertiary/aromatic N) is 3. The van der Waals surface area contributed by atoms with Gasteiger partial charge in [0.25, 0.3) is 0 Å². The summed E-state index contributed by atoms with van der Waals surface area (Å²) in [6.45, 7) is 1.95.